The molecule has 20 nitrogen and oxygen atoms in total. The van der Waals surface area contributed by atoms with Crippen molar-refractivity contribution in [1.29, 1.82) is 0 Å². The van der Waals surface area contributed by atoms with Crippen molar-refractivity contribution in [2.24, 2.45) is 0 Å². The second-order valence-corrected chi connectivity index (χ2v) is 14.7. The van der Waals surface area contributed by atoms with E-state index in [1.807, 2.05) is 0 Å². The van der Waals surface area contributed by atoms with Gasteiger partial charge >= 0.3 is 52.4 Å². The molecule has 0 unspecified atom stereocenters. The van der Waals surface area contributed by atoms with Gasteiger partial charge in [0.2, 0.25) is 0 Å². The molecule has 4 aromatic carbocycles. The monoisotopic (exact) mass is 1220 g/mol. The molecule has 0 saturated heterocycles. The Hall–Kier alpha value is -3.83. The average Bonchev–Trinajstić information content (AvgIpc) is 3.45. The predicted molar refractivity (Wildman–Crippen MR) is 176 cm³/mol. The van der Waals surface area contributed by atoms with E-state index in [1.165, 1.54) is 0 Å². The molecule has 0 amide bonds. The van der Waals surface area contributed by atoms with Crippen LogP contribution in [0.25, 0.3) is 0 Å². The molecule has 4 rings (SSSR count). The van der Waals surface area contributed by atoms with E-state index in [1.54, 1.807) is 0 Å². The van der Waals surface area contributed by atoms with Gasteiger partial charge in [0.15, 0.2) is 21.7 Å². The van der Waals surface area contributed by atoms with Crippen LogP contribution in [0.15, 0.2) is 136 Å². The third-order valence-electron chi connectivity index (χ3n) is 5.34. The summed E-state index contributed by atoms with van der Waals surface area (Å²) in [4.78, 5) is 40.7. The summed E-state index contributed by atoms with van der Waals surface area (Å²) in [6, 6.07) is 13.0. The summed E-state index contributed by atoms with van der Waals surface area (Å²) >= 11 is 0. The van der Waals surface area contributed by atoms with Crippen LogP contribution in [0.3, 0.4) is 0 Å². The first kappa shape index (κ1) is 52.3. The zero-order valence-electron chi connectivity index (χ0n) is 26.0. The zero-order valence-corrected chi connectivity index (χ0v) is 36.2. The van der Waals surface area contributed by atoms with Crippen molar-refractivity contribution in [2.75, 3.05) is 0 Å². The van der Waals surface area contributed by atoms with Crippen LogP contribution in [0, 0.1) is 0 Å². The summed E-state index contributed by atoms with van der Waals surface area (Å²) in [7, 11) is -17.9. The third-order valence-corrected chi connectivity index (χ3v) is 8.77. The van der Waals surface area contributed by atoms with Crippen molar-refractivity contribution >= 4 is 92.9 Å². The van der Waals surface area contributed by atoms with Crippen LogP contribution in [0.2, 0.25) is 0 Å². The maximum absolute atomic E-state index is 10.7. The fraction of sp³-hybridized carbons (Fsp3) is 0. The molecule has 26 heteroatoms. The van der Waals surface area contributed by atoms with Crippen molar-refractivity contribution in [1.82, 2.24) is 0 Å². The minimum Gasteiger partial charge on any atom is -0.870 e. The quantitative estimate of drug-likeness (QED) is 0.145. The van der Waals surface area contributed by atoms with Gasteiger partial charge in [-0.25, -0.2) is 16.8 Å². The van der Waals surface area contributed by atoms with Crippen LogP contribution in [0.4, 0.5) is 0 Å². The van der Waals surface area contributed by atoms with Crippen molar-refractivity contribution in [3.63, 3.8) is 0 Å². The summed E-state index contributed by atoms with van der Waals surface area (Å²) in [6.45, 7) is 0. The Morgan fingerprint density at radius 2 is 0.500 bits per heavy atom. The van der Waals surface area contributed by atoms with E-state index in [0.29, 0.717) is 0 Å². The molecule has 0 spiro atoms. The van der Waals surface area contributed by atoms with Gasteiger partial charge in [0, 0.05) is 0 Å². The van der Waals surface area contributed by atoms with Crippen molar-refractivity contribution in [2.45, 2.75) is 19.6 Å². The van der Waals surface area contributed by atoms with Crippen molar-refractivity contribution in [3.8, 4) is 23.0 Å². The van der Waals surface area contributed by atoms with Gasteiger partial charge in [-0.1, -0.05) is 47.3 Å². The molecule has 0 fully saturated rings. The van der Waals surface area contributed by atoms with E-state index in [4.69, 9.17) is 9.11 Å². The van der Waals surface area contributed by atoms with E-state index in [0.717, 1.165) is 97.1 Å². The van der Waals surface area contributed by atoms with E-state index >= 15 is 0 Å². The summed E-state index contributed by atoms with van der Waals surface area (Å²) in [6.07, 6.45) is 0. The molecule has 54 heavy (non-hydrogen) atoms. The molecule has 0 aliphatic carbocycles. The minimum absolute atomic E-state index is 0. The van der Waals surface area contributed by atoms with Gasteiger partial charge in [0.1, 0.15) is 20.2 Å². The normalized spacial score (nSPS) is 10.7. The Morgan fingerprint density at radius 3 is 0.685 bits per heavy atom. The zero-order chi connectivity index (χ0) is 40.2. The summed E-state index contributed by atoms with van der Waals surface area (Å²) < 4.78 is 122. The van der Waals surface area contributed by atoms with Gasteiger partial charge in [-0.15, -0.1) is 0 Å². The Balaban J connectivity index is 0. The van der Waals surface area contributed by atoms with Crippen LogP contribution in [-0.4, -0.2) is 104 Å². The first-order valence-corrected chi connectivity index (χ1v) is 18.5. The van der Waals surface area contributed by atoms with Gasteiger partial charge in [-0.05, 0) is 72.8 Å². The van der Waals surface area contributed by atoms with Crippen LogP contribution >= 0.6 is 0 Å². The molecule has 0 bridgehead atoms. The van der Waals surface area contributed by atoms with Gasteiger partial charge in [-0.2, -0.15) is 16.8 Å². The molecule has 0 aliphatic heterocycles. The van der Waals surface area contributed by atoms with E-state index < -0.39 is 105 Å². The van der Waals surface area contributed by atoms with Crippen molar-refractivity contribution < 1.29 is 72.3 Å². The van der Waals surface area contributed by atoms with Crippen molar-refractivity contribution in [3.05, 3.63) is 138 Å². The molecule has 0 atom stereocenters. The second kappa shape index (κ2) is 21.9. The number of hydrogen-bond acceptors (Lipinski definition) is 18. The van der Waals surface area contributed by atoms with Crippen LogP contribution < -0.4 is 42.1 Å². The molecular formula is C28H18Bi2O20S4. The van der Waals surface area contributed by atoms with Crippen LogP contribution in [0.5, 0.6) is 23.0 Å². The number of rotatable bonds is 4. The summed E-state index contributed by atoms with van der Waals surface area (Å²) in [5.41, 5.74) is -3.35. The van der Waals surface area contributed by atoms with E-state index in [9.17, 15) is 82.4 Å². The first-order chi connectivity index (χ1) is 23.6. The minimum atomic E-state index is -4.61. The van der Waals surface area contributed by atoms with Gasteiger partial charge in [0.25, 0.3) is 20.2 Å². The van der Waals surface area contributed by atoms with Crippen LogP contribution in [0.1, 0.15) is 0 Å². The molecule has 4 aromatic rings. The Kier molecular flexibility index (Phi) is 21.2. The maximum Gasteiger partial charge on any atom is 3.00 e. The first-order valence-electron chi connectivity index (χ1n) is 12.8. The standard InChI is InChI=1S/4C7H6O5S.2Bi/c4*8-6-3-1-5(13(10,11)12)2-4-7(6)9;;/h4*1-4H,(H,8,9)(H,10,11,12);;/q;;;;2*+3/p-6. The Labute approximate surface area is 342 Å². The van der Waals surface area contributed by atoms with E-state index in [2.05, 4.69) is 0 Å². The van der Waals surface area contributed by atoms with Crippen LogP contribution in [-0.2, 0) is 40.5 Å². The second-order valence-electron chi connectivity index (χ2n) is 9.05. The summed E-state index contributed by atoms with van der Waals surface area (Å²) in [5, 5.41) is 42.8. The average molecular weight is 1220 g/mol. The Bertz CT molecular complexity index is 2290. The fourth-order valence-electron chi connectivity index (χ4n) is 2.82. The fourth-order valence-corrected chi connectivity index (χ4v) is 4.72. The molecular weight excluding hydrogens is 1200 g/mol. The Morgan fingerprint density at radius 1 is 0.333 bits per heavy atom. The molecule has 4 radical (unpaired) electrons. The van der Waals surface area contributed by atoms with E-state index in [-0.39, 0.29) is 52.4 Å². The van der Waals surface area contributed by atoms with Gasteiger partial charge in [0.05, 0.1) is 19.6 Å². The largest absolute Gasteiger partial charge is 3.00 e. The number of hydrogen-bond donors (Lipinski definition) is 2. The van der Waals surface area contributed by atoms with Gasteiger partial charge in [-0.3, -0.25) is 28.3 Å². The smallest absolute Gasteiger partial charge is 0.870 e. The predicted octanol–water partition coefficient (Wildman–Crippen LogP) is -3.98. The van der Waals surface area contributed by atoms with Gasteiger partial charge < -0.3 is 29.5 Å². The molecule has 0 aliphatic rings. The SMILES string of the molecule is O=c1ccc(S(=O)(=O)O)ccc1[O-].O=c1ccc(S(=O)(=O)O)ccc1[O-].O=c1ccc(S(=O)(=O)[O-])ccc1[O-].O=c1ccc(S(=O)(=O)[O-])ccc1[O-].[Bi+3].[Bi+3]. The summed E-state index contributed by atoms with van der Waals surface area (Å²) in [5.74, 6) is -3.35. The maximum atomic E-state index is 10.7. The molecule has 284 valence electrons. The molecule has 0 heterocycles. The third kappa shape index (κ3) is 18.5. The molecule has 0 aromatic heterocycles. The molecule has 2 N–H and O–H groups in total. The topological polar surface area (TPSA) is 384 Å². The molecule has 0 saturated carbocycles.